The fourth-order valence-corrected chi connectivity index (χ4v) is 1.29. The quantitative estimate of drug-likeness (QED) is 0.493. The molecule has 3 N–H and O–H groups in total. The number of nitrogens with two attached hydrogens (primary N) is 1. The Bertz CT molecular complexity index is 159. The summed E-state index contributed by atoms with van der Waals surface area (Å²) in [6, 6.07) is 0. The van der Waals surface area contributed by atoms with E-state index in [4.69, 9.17) is 11.1 Å². The topological polar surface area (TPSA) is 49.9 Å². The summed E-state index contributed by atoms with van der Waals surface area (Å²) in [6.45, 7) is 0. The summed E-state index contributed by atoms with van der Waals surface area (Å²) >= 11 is 0. The van der Waals surface area contributed by atoms with Gasteiger partial charge >= 0.3 is 0 Å². The van der Waals surface area contributed by atoms with Crippen LogP contribution >= 0.6 is 0 Å². The van der Waals surface area contributed by atoms with E-state index in [9.17, 15) is 0 Å². The van der Waals surface area contributed by atoms with E-state index in [1.807, 2.05) is 0 Å². The molecule has 1 aliphatic carbocycles. The van der Waals surface area contributed by atoms with Gasteiger partial charge in [0.2, 0.25) is 0 Å². The van der Waals surface area contributed by atoms with Gasteiger partial charge in [-0.05, 0) is 37.5 Å². The van der Waals surface area contributed by atoms with Crippen LogP contribution in [0.25, 0.3) is 0 Å². The van der Waals surface area contributed by atoms with Gasteiger partial charge < -0.3 is 11.1 Å². The van der Waals surface area contributed by atoms with Gasteiger partial charge in [0.25, 0.3) is 0 Å². The highest BCUT2D eigenvalue weighted by Gasteiger charge is 2.08. The summed E-state index contributed by atoms with van der Waals surface area (Å²) < 4.78 is 0. The SMILES string of the molecule is N=C1CCCCCC1=CN. The molecule has 0 aliphatic heterocycles. The second kappa shape index (κ2) is 3.40. The molecule has 2 heteroatoms. The Hall–Kier alpha value is -0.790. The molecule has 0 amide bonds. The predicted molar refractivity (Wildman–Crippen MR) is 43.1 cm³/mol. The van der Waals surface area contributed by atoms with Crippen LogP contribution in [0.15, 0.2) is 11.8 Å². The molecular weight excluding hydrogens is 124 g/mol. The third-order valence-corrected chi connectivity index (χ3v) is 1.96. The molecule has 0 aromatic heterocycles. The van der Waals surface area contributed by atoms with Crippen LogP contribution in [-0.2, 0) is 0 Å². The zero-order valence-electron chi connectivity index (χ0n) is 6.19. The van der Waals surface area contributed by atoms with Gasteiger partial charge in [-0.25, -0.2) is 0 Å². The maximum absolute atomic E-state index is 7.54. The number of rotatable bonds is 0. The van der Waals surface area contributed by atoms with E-state index in [2.05, 4.69) is 0 Å². The van der Waals surface area contributed by atoms with Crippen molar-refractivity contribution >= 4 is 5.71 Å². The van der Waals surface area contributed by atoms with E-state index < -0.39 is 0 Å². The summed E-state index contributed by atoms with van der Waals surface area (Å²) in [5.41, 5.74) is 7.16. The molecule has 0 atom stereocenters. The smallest absolute Gasteiger partial charge is 0.0360 e. The van der Waals surface area contributed by atoms with E-state index in [0.29, 0.717) is 0 Å². The molecule has 2 nitrogen and oxygen atoms in total. The van der Waals surface area contributed by atoms with Crippen LogP contribution in [0.4, 0.5) is 0 Å². The standard InChI is InChI=1S/C8H14N2/c9-6-7-4-2-1-3-5-8(7)10/h6,10H,1-5,9H2. The summed E-state index contributed by atoms with van der Waals surface area (Å²) in [7, 11) is 0. The van der Waals surface area contributed by atoms with E-state index in [0.717, 1.165) is 30.5 Å². The van der Waals surface area contributed by atoms with Crippen molar-refractivity contribution in [2.45, 2.75) is 32.1 Å². The first kappa shape index (κ1) is 7.32. The van der Waals surface area contributed by atoms with Crippen molar-refractivity contribution < 1.29 is 0 Å². The Morgan fingerprint density at radius 2 is 1.90 bits per heavy atom. The molecule has 1 fully saturated rings. The Labute approximate surface area is 61.6 Å². The Balaban J connectivity index is 2.61. The van der Waals surface area contributed by atoms with Crippen LogP contribution in [0.1, 0.15) is 32.1 Å². The molecule has 1 aliphatic rings. The van der Waals surface area contributed by atoms with Crippen molar-refractivity contribution in [1.82, 2.24) is 0 Å². The van der Waals surface area contributed by atoms with E-state index in [1.165, 1.54) is 12.8 Å². The largest absolute Gasteiger partial charge is 0.404 e. The molecule has 0 bridgehead atoms. The molecule has 0 spiro atoms. The number of hydrogen-bond acceptors (Lipinski definition) is 2. The second-order valence-corrected chi connectivity index (χ2v) is 2.73. The monoisotopic (exact) mass is 138 g/mol. The van der Waals surface area contributed by atoms with Gasteiger partial charge in [-0.3, -0.25) is 0 Å². The highest BCUT2D eigenvalue weighted by Crippen LogP contribution is 2.18. The minimum atomic E-state index is 0.750. The highest BCUT2D eigenvalue weighted by atomic mass is 14.5. The van der Waals surface area contributed by atoms with Gasteiger partial charge in [0.15, 0.2) is 0 Å². The maximum Gasteiger partial charge on any atom is 0.0360 e. The summed E-state index contributed by atoms with van der Waals surface area (Å²) in [5, 5.41) is 7.54. The molecule has 0 saturated heterocycles. The van der Waals surface area contributed by atoms with Gasteiger partial charge in [-0.15, -0.1) is 0 Å². The molecule has 1 rings (SSSR count). The first-order valence-corrected chi connectivity index (χ1v) is 3.83. The average Bonchev–Trinajstić information content (AvgIpc) is 2.13. The van der Waals surface area contributed by atoms with Gasteiger partial charge in [0.05, 0.1) is 0 Å². The fourth-order valence-electron chi connectivity index (χ4n) is 1.29. The lowest BCUT2D eigenvalue weighted by Gasteiger charge is -2.00. The normalized spacial score (nSPS) is 24.8. The first-order chi connectivity index (χ1) is 4.84. The van der Waals surface area contributed by atoms with Crippen molar-refractivity contribution in [2.75, 3.05) is 0 Å². The molecule has 0 aromatic rings. The van der Waals surface area contributed by atoms with E-state index in [1.54, 1.807) is 6.20 Å². The summed E-state index contributed by atoms with van der Waals surface area (Å²) in [6.07, 6.45) is 7.13. The molecular formula is C8H14N2. The van der Waals surface area contributed by atoms with Crippen LogP contribution in [0, 0.1) is 5.41 Å². The van der Waals surface area contributed by atoms with Crippen molar-refractivity contribution in [3.05, 3.63) is 11.8 Å². The molecule has 0 unspecified atom stereocenters. The minimum Gasteiger partial charge on any atom is -0.404 e. The van der Waals surface area contributed by atoms with Gasteiger partial charge in [0, 0.05) is 5.71 Å². The van der Waals surface area contributed by atoms with Crippen molar-refractivity contribution in [1.29, 1.82) is 5.41 Å². The third-order valence-electron chi connectivity index (χ3n) is 1.96. The molecule has 10 heavy (non-hydrogen) atoms. The Morgan fingerprint density at radius 3 is 2.60 bits per heavy atom. The van der Waals surface area contributed by atoms with Crippen LogP contribution in [-0.4, -0.2) is 5.71 Å². The molecule has 1 saturated carbocycles. The Kier molecular flexibility index (Phi) is 2.49. The zero-order chi connectivity index (χ0) is 7.40. The van der Waals surface area contributed by atoms with Crippen molar-refractivity contribution in [3.8, 4) is 0 Å². The van der Waals surface area contributed by atoms with Crippen LogP contribution in [0.5, 0.6) is 0 Å². The fraction of sp³-hybridized carbons (Fsp3) is 0.625. The predicted octanol–water partition coefficient (Wildman–Crippen LogP) is 1.81. The number of nitrogens with one attached hydrogen (secondary N) is 1. The lowest BCUT2D eigenvalue weighted by molar-refractivity contribution is 0.724. The summed E-state index contributed by atoms with van der Waals surface area (Å²) in [5.74, 6) is 0. The first-order valence-electron chi connectivity index (χ1n) is 3.83. The molecule has 56 valence electrons. The second-order valence-electron chi connectivity index (χ2n) is 2.73. The third kappa shape index (κ3) is 1.59. The average molecular weight is 138 g/mol. The maximum atomic E-state index is 7.54. The van der Waals surface area contributed by atoms with Crippen LogP contribution in [0.2, 0.25) is 0 Å². The van der Waals surface area contributed by atoms with Crippen molar-refractivity contribution in [2.24, 2.45) is 5.73 Å². The summed E-state index contributed by atoms with van der Waals surface area (Å²) in [4.78, 5) is 0. The van der Waals surface area contributed by atoms with E-state index >= 15 is 0 Å². The number of hydrogen-bond donors (Lipinski definition) is 2. The van der Waals surface area contributed by atoms with Crippen LogP contribution in [0.3, 0.4) is 0 Å². The minimum absolute atomic E-state index is 0.750. The molecule has 0 heterocycles. The Morgan fingerprint density at radius 1 is 1.20 bits per heavy atom. The highest BCUT2D eigenvalue weighted by molar-refractivity contribution is 5.97. The van der Waals surface area contributed by atoms with Gasteiger partial charge in [0.1, 0.15) is 0 Å². The van der Waals surface area contributed by atoms with Crippen molar-refractivity contribution in [3.63, 3.8) is 0 Å². The zero-order valence-corrected chi connectivity index (χ0v) is 6.19. The lowest BCUT2D eigenvalue weighted by Crippen LogP contribution is -2.00. The van der Waals surface area contributed by atoms with E-state index in [-0.39, 0.29) is 0 Å². The van der Waals surface area contributed by atoms with Gasteiger partial charge in [-0.1, -0.05) is 6.42 Å². The lowest BCUT2D eigenvalue weighted by atomic mass is 10.1. The molecule has 0 radical (unpaired) electrons. The molecule has 0 aromatic carbocycles. The van der Waals surface area contributed by atoms with Gasteiger partial charge in [-0.2, -0.15) is 0 Å². The number of allylic oxidation sites excluding steroid dienone is 1. The van der Waals surface area contributed by atoms with Crippen LogP contribution < -0.4 is 5.73 Å².